The molecule has 13 heteroatoms. The second-order valence-corrected chi connectivity index (χ2v) is 16.9. The molecule has 0 aliphatic heterocycles. The van der Waals surface area contributed by atoms with Gasteiger partial charge in [0.05, 0.1) is 6.61 Å². The first-order valence-electron chi connectivity index (χ1n) is 10.9. The Morgan fingerprint density at radius 1 is 1.29 bits per heavy atom. The van der Waals surface area contributed by atoms with Crippen molar-refractivity contribution in [1.82, 2.24) is 15.3 Å². The monoisotopic (exact) mass is 634 g/mol. The molecule has 0 saturated carbocycles. The van der Waals surface area contributed by atoms with Crippen molar-refractivity contribution in [2.45, 2.75) is 32.6 Å². The van der Waals surface area contributed by atoms with E-state index >= 15 is 0 Å². The summed E-state index contributed by atoms with van der Waals surface area (Å²) in [5.74, 6) is -0.230. The molecule has 0 aliphatic rings. The maximum Gasteiger partial charge on any atom is 0.312 e. The number of H-pyrrole nitrogens is 3. The van der Waals surface area contributed by atoms with Gasteiger partial charge in [0.25, 0.3) is 5.91 Å². The normalized spacial score (nSPS) is 11.4. The van der Waals surface area contributed by atoms with E-state index in [9.17, 15) is 14.4 Å². The molecule has 2 aromatic heterocycles. The van der Waals surface area contributed by atoms with Gasteiger partial charge in [0.2, 0.25) is 5.65 Å². The van der Waals surface area contributed by atoms with E-state index in [4.69, 9.17) is 15.0 Å². The number of hydrogen-bond acceptors (Lipinski definition) is 7. The minimum Gasteiger partial charge on any atom is -0.466 e. The third-order valence-corrected chi connectivity index (χ3v) is 7.34. The predicted molar refractivity (Wildman–Crippen MR) is 149 cm³/mol. The lowest BCUT2D eigenvalue weighted by molar-refractivity contribution is -0.333. The van der Waals surface area contributed by atoms with E-state index in [0.717, 1.165) is 29.2 Å². The Bertz CT molecular complexity index is 1170. The van der Waals surface area contributed by atoms with E-state index in [-0.39, 0.29) is 34.6 Å². The number of amides is 1. The van der Waals surface area contributed by atoms with Gasteiger partial charge in [0, 0.05) is 41.2 Å². The van der Waals surface area contributed by atoms with E-state index in [1.165, 1.54) is 0 Å². The summed E-state index contributed by atoms with van der Waals surface area (Å²) in [6, 6.07) is 7.34. The summed E-state index contributed by atoms with van der Waals surface area (Å²) in [7, 11) is 0. The van der Waals surface area contributed by atoms with Crippen LogP contribution in [0.25, 0.3) is 11.0 Å². The Balaban J connectivity index is 0.000000784. The van der Waals surface area contributed by atoms with Crippen molar-refractivity contribution in [3.05, 3.63) is 57.5 Å². The molecule has 35 heavy (non-hydrogen) atoms. The molecule has 1 aromatic carbocycles. The van der Waals surface area contributed by atoms with Crippen LogP contribution >= 0.6 is 38.5 Å². The maximum absolute atomic E-state index is 12.2. The molecule has 190 valence electrons. The van der Waals surface area contributed by atoms with Gasteiger partial charge in [-0.3, -0.25) is 19.4 Å². The predicted octanol–water partition coefficient (Wildman–Crippen LogP) is 3.68. The largest absolute Gasteiger partial charge is 0.466 e. The van der Waals surface area contributed by atoms with Gasteiger partial charge in [-0.15, -0.1) is 0 Å². The Morgan fingerprint density at radius 2 is 1.97 bits per heavy atom. The van der Waals surface area contributed by atoms with Gasteiger partial charge in [-0.05, 0) is 78.2 Å². The molecule has 0 aliphatic carbocycles. The molecular formula is C22H30IN5O5PS+. The lowest BCUT2D eigenvalue weighted by atomic mass is 10.0. The SMILES string of the molecule is CCOC(=O)CCCNC(=O)c1ccc(CCc2c[nH]c3[nH+]c(N)[nH]c(=O)c23)cc1.CP(I)SO. The standard InChI is InChI=1S/C21H25N5O4.CH4IOPS/c1-2-30-16(27)4-3-11-23-19(28)14-8-5-13(6-9-14)7-10-15-12-24-18-17(15)20(29)26-21(22)25-18;1-4(2)5-3/h5-6,8-9,12H,2-4,7,10-11H2,1H3,(H,23,28)(H4,22,24,25,26,29);3H,1H3/p+1. The van der Waals surface area contributed by atoms with Crippen LogP contribution in [0.15, 0.2) is 35.3 Å². The minimum absolute atomic E-state index is 0.156. The highest BCUT2D eigenvalue weighted by Crippen LogP contribution is 2.51. The van der Waals surface area contributed by atoms with E-state index < -0.39 is 0 Å². The smallest absolute Gasteiger partial charge is 0.312 e. The highest BCUT2D eigenvalue weighted by molar-refractivity contribution is 14.2. The summed E-state index contributed by atoms with van der Waals surface area (Å²) >= 11 is 3.12. The molecule has 3 rings (SSSR count). The highest BCUT2D eigenvalue weighted by atomic mass is 127. The number of hydrogen-bond donors (Lipinski definition) is 5. The number of carbonyl (C=O) groups is 2. The average Bonchev–Trinajstić information content (AvgIpc) is 3.24. The zero-order chi connectivity index (χ0) is 25.8. The fraction of sp³-hybridized carbons (Fsp3) is 0.364. The molecule has 0 bridgehead atoms. The molecule has 0 saturated heterocycles. The van der Waals surface area contributed by atoms with Gasteiger partial charge in [-0.2, -0.15) is 0 Å². The Morgan fingerprint density at radius 3 is 2.60 bits per heavy atom. The maximum atomic E-state index is 12.2. The molecule has 0 radical (unpaired) electrons. The second kappa shape index (κ2) is 15.1. The van der Waals surface area contributed by atoms with Crippen LogP contribution in [0.3, 0.4) is 0 Å². The van der Waals surface area contributed by atoms with E-state index in [0.29, 0.717) is 42.6 Å². The number of benzene rings is 1. The molecule has 1 atom stereocenters. The second-order valence-electron chi connectivity index (χ2n) is 7.42. The molecular weight excluding hydrogens is 604 g/mol. The number of aryl methyl sites for hydroxylation is 2. The van der Waals surface area contributed by atoms with Crippen LogP contribution in [0.5, 0.6) is 0 Å². The highest BCUT2D eigenvalue weighted by Gasteiger charge is 2.13. The van der Waals surface area contributed by atoms with Crippen LogP contribution in [0.2, 0.25) is 0 Å². The number of carbonyl (C=O) groups excluding carboxylic acids is 2. The number of nitrogen functional groups attached to an aromatic ring is 1. The number of fused-ring (bicyclic) bond motifs is 1. The molecule has 0 fully saturated rings. The summed E-state index contributed by atoms with van der Waals surface area (Å²) in [4.78, 5) is 44.1. The number of aromatic amines is 3. The fourth-order valence-electron chi connectivity index (χ4n) is 3.24. The zero-order valence-corrected chi connectivity index (χ0v) is 23.4. The fourth-order valence-corrected chi connectivity index (χ4v) is 3.24. The lowest BCUT2D eigenvalue weighted by Crippen LogP contribution is -2.25. The number of anilines is 1. The summed E-state index contributed by atoms with van der Waals surface area (Å²) in [6.45, 7) is 4.52. The third-order valence-electron chi connectivity index (χ3n) is 4.86. The van der Waals surface area contributed by atoms with Gasteiger partial charge < -0.3 is 20.3 Å². The first kappa shape index (κ1) is 29.1. The third kappa shape index (κ3) is 9.79. The van der Waals surface area contributed by atoms with Crippen LogP contribution in [-0.4, -0.2) is 46.2 Å². The van der Waals surface area contributed by atoms with Gasteiger partial charge >= 0.3 is 17.5 Å². The number of nitrogens with one attached hydrogen (secondary N) is 4. The Labute approximate surface area is 221 Å². The van der Waals surface area contributed by atoms with Crippen molar-refractivity contribution in [3.63, 3.8) is 0 Å². The van der Waals surface area contributed by atoms with Gasteiger partial charge in [0.15, 0.2) is 0 Å². The van der Waals surface area contributed by atoms with E-state index in [1.54, 1.807) is 25.3 Å². The summed E-state index contributed by atoms with van der Waals surface area (Å²) in [5.41, 5.74) is 8.49. The number of halogens is 1. The molecule has 10 nitrogen and oxygen atoms in total. The van der Waals surface area contributed by atoms with Crippen molar-refractivity contribution < 1.29 is 23.9 Å². The van der Waals surface area contributed by atoms with Gasteiger partial charge in [-0.1, -0.05) is 12.1 Å². The van der Waals surface area contributed by atoms with Crippen LogP contribution in [0, 0.1) is 0 Å². The van der Waals surface area contributed by atoms with Crippen LogP contribution in [0.1, 0.15) is 41.3 Å². The number of nitrogens with two attached hydrogens (primary N) is 1. The minimum atomic E-state index is -0.255. The Kier molecular flexibility index (Phi) is 12.5. The van der Waals surface area contributed by atoms with Gasteiger partial charge in [-0.25, -0.2) is 9.97 Å². The molecule has 1 unspecified atom stereocenters. The summed E-state index contributed by atoms with van der Waals surface area (Å²) in [5, 5.41) is 3.37. The van der Waals surface area contributed by atoms with Crippen molar-refractivity contribution in [2.24, 2.45) is 0 Å². The van der Waals surface area contributed by atoms with E-state index in [2.05, 4.69) is 42.3 Å². The molecule has 0 spiro atoms. The molecule has 3 aromatic rings. The van der Waals surface area contributed by atoms with Crippen molar-refractivity contribution in [3.8, 4) is 0 Å². The zero-order valence-electron chi connectivity index (χ0n) is 19.5. The van der Waals surface area contributed by atoms with Crippen molar-refractivity contribution >= 4 is 67.3 Å². The number of ether oxygens (including phenoxy) is 1. The van der Waals surface area contributed by atoms with E-state index in [1.807, 2.05) is 18.8 Å². The van der Waals surface area contributed by atoms with Gasteiger partial charge in [0.1, 0.15) is 5.39 Å². The lowest BCUT2D eigenvalue weighted by Gasteiger charge is -2.06. The van der Waals surface area contributed by atoms with Crippen LogP contribution < -0.4 is 21.6 Å². The summed E-state index contributed by atoms with van der Waals surface area (Å²) in [6.07, 6.45) is 4.01. The summed E-state index contributed by atoms with van der Waals surface area (Å²) < 4.78 is 12.8. The Hall–Kier alpha value is -2.15. The molecule has 7 N–H and O–H groups in total. The molecule has 1 amide bonds. The van der Waals surface area contributed by atoms with Crippen molar-refractivity contribution in [1.29, 1.82) is 0 Å². The average molecular weight is 634 g/mol. The number of aromatic nitrogens is 3. The first-order valence-corrected chi connectivity index (χ1v) is 16.8. The topological polar surface area (TPSA) is 164 Å². The van der Waals surface area contributed by atoms with Crippen LogP contribution in [-0.2, 0) is 22.4 Å². The first-order chi connectivity index (χ1) is 16.7. The number of rotatable bonds is 10. The number of esters is 1. The quantitative estimate of drug-likeness (QED) is 0.0747. The molecule has 2 heterocycles. The van der Waals surface area contributed by atoms with Crippen LogP contribution in [0.4, 0.5) is 5.95 Å². The van der Waals surface area contributed by atoms with Crippen molar-refractivity contribution in [2.75, 3.05) is 25.6 Å².